The van der Waals surface area contributed by atoms with Crippen molar-refractivity contribution in [3.63, 3.8) is 0 Å². The Balaban J connectivity index is 1.92. The van der Waals surface area contributed by atoms with Crippen molar-refractivity contribution in [2.24, 2.45) is 4.99 Å². The number of esters is 1. The highest BCUT2D eigenvalue weighted by Gasteiger charge is 2.24. The van der Waals surface area contributed by atoms with E-state index < -0.39 is 5.97 Å². The van der Waals surface area contributed by atoms with Crippen molar-refractivity contribution in [1.82, 2.24) is 0 Å². The number of halogens is 1. The number of benzene rings is 2. The predicted octanol–water partition coefficient (Wildman–Crippen LogP) is 3.64. The van der Waals surface area contributed by atoms with Crippen molar-refractivity contribution >= 4 is 40.5 Å². The summed E-state index contributed by atoms with van der Waals surface area (Å²) in [5.74, 6) is 0.610. The summed E-state index contributed by atoms with van der Waals surface area (Å²) in [6.07, 6.45) is 1.74. The van der Waals surface area contributed by atoms with Crippen LogP contribution in [0.4, 0.5) is 0 Å². The maximum Gasteiger partial charge on any atom is 0.363 e. The lowest BCUT2D eigenvalue weighted by atomic mass is 10.2. The number of rotatable bonds is 3. The Bertz CT molecular complexity index is 779. The zero-order valence-electron chi connectivity index (χ0n) is 11.7. The van der Waals surface area contributed by atoms with Gasteiger partial charge in [0.1, 0.15) is 5.75 Å². The molecule has 0 radical (unpaired) electrons. The first-order valence-electron chi connectivity index (χ1n) is 6.59. The van der Waals surface area contributed by atoms with Crippen molar-refractivity contribution in [1.29, 1.82) is 0 Å². The Hall–Kier alpha value is -2.15. The molecule has 3 rings (SSSR count). The van der Waals surface area contributed by atoms with Crippen LogP contribution in [0.15, 0.2) is 59.2 Å². The van der Waals surface area contributed by atoms with Gasteiger partial charge < -0.3 is 9.47 Å². The van der Waals surface area contributed by atoms with Crippen LogP contribution in [0.1, 0.15) is 11.1 Å². The number of nitrogens with zero attached hydrogens (tertiary/aromatic N) is 1. The largest absolute Gasteiger partial charge is 0.497 e. The van der Waals surface area contributed by atoms with E-state index in [1.807, 2.05) is 24.3 Å². The smallest absolute Gasteiger partial charge is 0.363 e. The summed E-state index contributed by atoms with van der Waals surface area (Å²) in [5.41, 5.74) is 1.98. The van der Waals surface area contributed by atoms with Crippen LogP contribution < -0.4 is 4.74 Å². The summed E-state index contributed by atoms with van der Waals surface area (Å²) < 4.78 is 11.4. The minimum atomic E-state index is -0.439. The first kappa shape index (κ1) is 14.8. The molecule has 0 atom stereocenters. The van der Waals surface area contributed by atoms with E-state index in [0.29, 0.717) is 11.6 Å². The third-order valence-corrected chi connectivity index (χ3v) is 4.14. The van der Waals surface area contributed by atoms with E-state index >= 15 is 0 Å². The van der Waals surface area contributed by atoms with Crippen LogP contribution in [0.25, 0.3) is 6.08 Å². The van der Waals surface area contributed by atoms with Gasteiger partial charge in [0, 0.05) is 9.13 Å². The molecule has 0 aliphatic carbocycles. The normalized spacial score (nSPS) is 15.6. The van der Waals surface area contributed by atoms with Crippen molar-refractivity contribution in [3.8, 4) is 5.75 Å². The average Bonchev–Trinajstić information content (AvgIpc) is 2.91. The van der Waals surface area contributed by atoms with E-state index in [9.17, 15) is 4.79 Å². The maximum atomic E-state index is 12.0. The molecule has 22 heavy (non-hydrogen) atoms. The second kappa shape index (κ2) is 6.31. The number of hydrogen-bond acceptors (Lipinski definition) is 4. The molecular formula is C17H12INO3. The number of methoxy groups -OCH3 is 1. The number of hydrogen-bond donors (Lipinski definition) is 0. The summed E-state index contributed by atoms with van der Waals surface area (Å²) >= 11 is 2.22. The van der Waals surface area contributed by atoms with E-state index in [1.165, 1.54) is 0 Å². The number of ether oxygens (including phenoxy) is 2. The van der Waals surface area contributed by atoms with E-state index in [2.05, 4.69) is 27.6 Å². The molecule has 2 aromatic rings. The minimum Gasteiger partial charge on any atom is -0.497 e. The Kier molecular flexibility index (Phi) is 4.24. The molecule has 0 spiro atoms. The molecule has 1 aliphatic heterocycles. The fraction of sp³-hybridized carbons (Fsp3) is 0.0588. The molecule has 0 amide bonds. The molecule has 0 saturated carbocycles. The van der Waals surface area contributed by atoms with Gasteiger partial charge in [-0.2, -0.15) is 0 Å². The summed E-state index contributed by atoms with van der Waals surface area (Å²) in [6, 6.07) is 15.0. The van der Waals surface area contributed by atoms with Crippen LogP contribution in [0.3, 0.4) is 0 Å². The molecular weight excluding hydrogens is 393 g/mol. The molecule has 110 valence electrons. The van der Waals surface area contributed by atoms with Crippen LogP contribution in [0.2, 0.25) is 0 Å². The highest BCUT2D eigenvalue weighted by molar-refractivity contribution is 14.1. The van der Waals surface area contributed by atoms with E-state index in [-0.39, 0.29) is 0 Å². The maximum absolute atomic E-state index is 12.0. The average molecular weight is 405 g/mol. The zero-order chi connectivity index (χ0) is 15.5. The summed E-state index contributed by atoms with van der Waals surface area (Å²) in [7, 11) is 1.60. The van der Waals surface area contributed by atoms with Crippen LogP contribution >= 0.6 is 22.6 Å². The first-order valence-corrected chi connectivity index (χ1v) is 7.67. The van der Waals surface area contributed by atoms with Gasteiger partial charge in [0.2, 0.25) is 5.90 Å². The molecule has 0 unspecified atom stereocenters. The predicted molar refractivity (Wildman–Crippen MR) is 92.8 cm³/mol. The number of carbonyl (C=O) groups excluding carboxylic acids is 1. The molecule has 0 N–H and O–H groups in total. The highest BCUT2D eigenvalue weighted by atomic mass is 127. The lowest BCUT2D eigenvalue weighted by molar-refractivity contribution is -0.129. The summed E-state index contributed by atoms with van der Waals surface area (Å²) in [4.78, 5) is 16.3. The van der Waals surface area contributed by atoms with Crippen molar-refractivity contribution in [2.75, 3.05) is 7.11 Å². The van der Waals surface area contributed by atoms with Crippen molar-refractivity contribution in [2.45, 2.75) is 0 Å². The Morgan fingerprint density at radius 1 is 1.14 bits per heavy atom. The second-order valence-electron chi connectivity index (χ2n) is 4.59. The lowest BCUT2D eigenvalue weighted by Crippen LogP contribution is -2.05. The van der Waals surface area contributed by atoms with Gasteiger partial charge in [-0.05, 0) is 64.6 Å². The molecule has 4 nitrogen and oxygen atoms in total. The second-order valence-corrected chi connectivity index (χ2v) is 5.75. The molecule has 0 saturated heterocycles. The van der Waals surface area contributed by atoms with E-state index in [1.54, 1.807) is 37.5 Å². The molecule has 1 heterocycles. The SMILES string of the molecule is COc1ccc(C2=N/C(=C\c3ccccc3I)C(=O)O2)cc1. The number of cyclic esters (lactones) is 1. The van der Waals surface area contributed by atoms with Crippen molar-refractivity contribution in [3.05, 3.63) is 68.9 Å². The topological polar surface area (TPSA) is 47.9 Å². The Morgan fingerprint density at radius 2 is 1.86 bits per heavy atom. The van der Waals surface area contributed by atoms with Gasteiger partial charge in [-0.25, -0.2) is 9.79 Å². The molecule has 1 aliphatic rings. The van der Waals surface area contributed by atoms with Crippen molar-refractivity contribution < 1.29 is 14.3 Å². The quantitative estimate of drug-likeness (QED) is 0.445. The molecule has 5 heteroatoms. The zero-order valence-corrected chi connectivity index (χ0v) is 13.9. The lowest BCUT2D eigenvalue weighted by Gasteiger charge is -2.01. The first-order chi connectivity index (χ1) is 10.7. The van der Waals surface area contributed by atoms with Crippen LogP contribution in [-0.4, -0.2) is 19.0 Å². The van der Waals surface area contributed by atoms with Gasteiger partial charge in [-0.3, -0.25) is 0 Å². The van der Waals surface area contributed by atoms with Gasteiger partial charge in [-0.1, -0.05) is 18.2 Å². The molecule has 2 aromatic carbocycles. The van der Waals surface area contributed by atoms with Gasteiger partial charge in [0.25, 0.3) is 0 Å². The molecule has 0 aromatic heterocycles. The third kappa shape index (κ3) is 3.04. The van der Waals surface area contributed by atoms with Crippen LogP contribution in [0, 0.1) is 3.57 Å². The molecule has 0 bridgehead atoms. The fourth-order valence-corrected chi connectivity index (χ4v) is 2.55. The number of aliphatic imine (C=N–C) groups is 1. The third-order valence-electron chi connectivity index (χ3n) is 3.15. The van der Waals surface area contributed by atoms with E-state index in [0.717, 1.165) is 20.4 Å². The van der Waals surface area contributed by atoms with Gasteiger partial charge in [0.05, 0.1) is 7.11 Å². The molecule has 0 fully saturated rings. The fourth-order valence-electron chi connectivity index (χ4n) is 2.01. The van der Waals surface area contributed by atoms with Crippen LogP contribution in [-0.2, 0) is 9.53 Å². The highest BCUT2D eigenvalue weighted by Crippen LogP contribution is 2.22. The van der Waals surface area contributed by atoms with Crippen LogP contribution in [0.5, 0.6) is 5.75 Å². The van der Waals surface area contributed by atoms with Gasteiger partial charge >= 0.3 is 5.97 Å². The number of carbonyl (C=O) groups is 1. The van der Waals surface area contributed by atoms with Gasteiger partial charge in [-0.15, -0.1) is 0 Å². The standard InChI is InChI=1S/C17H12INO3/c1-21-13-8-6-11(7-9-13)16-19-15(17(20)22-16)10-12-4-2-3-5-14(12)18/h2-10H,1H3/b15-10-. The summed E-state index contributed by atoms with van der Waals surface area (Å²) in [5, 5.41) is 0. The minimum absolute atomic E-state index is 0.301. The monoisotopic (exact) mass is 405 g/mol. The van der Waals surface area contributed by atoms with E-state index in [4.69, 9.17) is 9.47 Å². The van der Waals surface area contributed by atoms with Gasteiger partial charge in [0.15, 0.2) is 5.70 Å². The summed E-state index contributed by atoms with van der Waals surface area (Å²) in [6.45, 7) is 0. The Labute approximate surface area is 141 Å². The Morgan fingerprint density at radius 3 is 2.55 bits per heavy atom.